The molecule has 0 spiro atoms. The Hall–Kier alpha value is -1.96. The summed E-state index contributed by atoms with van der Waals surface area (Å²) in [4.78, 5) is 0. The Morgan fingerprint density at radius 2 is 0.806 bits per heavy atom. The van der Waals surface area contributed by atoms with Gasteiger partial charge in [-0.15, -0.1) is 0 Å². The molecule has 0 atom stereocenters. The second-order valence-corrected chi connectivity index (χ2v) is 9.01. The number of rotatable bonds is 14. The first-order valence-corrected chi connectivity index (χ1v) is 12.7. The molecule has 0 bridgehead atoms. The Kier molecular flexibility index (Phi) is 11.0. The molecule has 0 heterocycles. The molecule has 0 saturated heterocycles. The molecule has 0 aliphatic rings. The minimum absolute atomic E-state index is 0.512. The Morgan fingerprint density at radius 1 is 0.484 bits per heavy atom. The van der Waals surface area contributed by atoms with Crippen molar-refractivity contribution in [1.29, 1.82) is 0 Å². The summed E-state index contributed by atoms with van der Waals surface area (Å²) in [6.45, 7) is 8.79. The van der Waals surface area contributed by atoms with E-state index in [1.807, 2.05) is 0 Å². The zero-order valence-corrected chi connectivity index (χ0v) is 20.4. The highest BCUT2D eigenvalue weighted by atomic mass is 16.3. The molecule has 0 aromatic heterocycles. The summed E-state index contributed by atoms with van der Waals surface area (Å²) in [7, 11) is 0. The first-order chi connectivity index (χ1) is 15.1. The fourth-order valence-electron chi connectivity index (χ4n) is 4.39. The molecule has 2 rings (SSSR count). The van der Waals surface area contributed by atoms with Gasteiger partial charge in [-0.25, -0.2) is 0 Å². The van der Waals surface area contributed by atoms with Crippen molar-refractivity contribution in [2.75, 3.05) is 0 Å². The maximum atomic E-state index is 11.1. The summed E-state index contributed by atoms with van der Waals surface area (Å²) in [5.41, 5.74) is 6.83. The van der Waals surface area contributed by atoms with E-state index in [0.29, 0.717) is 11.5 Å². The largest absolute Gasteiger partial charge is 0.507 e. The maximum absolute atomic E-state index is 11.1. The number of aromatic hydroxyl groups is 2. The van der Waals surface area contributed by atoms with Crippen molar-refractivity contribution in [3.63, 3.8) is 0 Å². The lowest BCUT2D eigenvalue weighted by atomic mass is 9.88. The number of unbranched alkanes of at least 4 members (excludes halogenated alkanes) is 4. The standard InChI is InChI=1S/C29H44O2/c1-5-9-13-22-17-19-24(26(28(22)30)15-11-7-3)21-25-20-18-23(14-10-6-2)29(31)27(25)16-12-8-4/h17-20,30-31H,5-16,21H2,1-4H3. The molecule has 2 N–H and O–H groups in total. The number of phenols is 2. The van der Waals surface area contributed by atoms with E-state index in [9.17, 15) is 10.2 Å². The van der Waals surface area contributed by atoms with Gasteiger partial charge in [0.2, 0.25) is 0 Å². The summed E-state index contributed by atoms with van der Waals surface area (Å²) in [6.07, 6.45) is 13.4. The SMILES string of the molecule is CCCCc1ccc(Cc2ccc(CCCC)c(O)c2CCCC)c(CCCC)c1O. The van der Waals surface area contributed by atoms with Gasteiger partial charge in [-0.1, -0.05) is 77.6 Å². The Morgan fingerprint density at radius 3 is 1.16 bits per heavy atom. The molecule has 2 aromatic carbocycles. The van der Waals surface area contributed by atoms with Crippen molar-refractivity contribution in [1.82, 2.24) is 0 Å². The summed E-state index contributed by atoms with van der Waals surface area (Å²) in [6, 6.07) is 8.69. The van der Waals surface area contributed by atoms with E-state index in [1.54, 1.807) is 0 Å². The quantitative estimate of drug-likeness (QED) is 0.322. The summed E-state index contributed by atoms with van der Waals surface area (Å²) in [5.74, 6) is 1.02. The summed E-state index contributed by atoms with van der Waals surface area (Å²) < 4.78 is 0. The number of hydrogen-bond acceptors (Lipinski definition) is 2. The van der Waals surface area contributed by atoms with Gasteiger partial charge >= 0.3 is 0 Å². The van der Waals surface area contributed by atoms with Crippen LogP contribution in [0, 0.1) is 0 Å². The monoisotopic (exact) mass is 424 g/mol. The minimum atomic E-state index is 0.512. The number of phenolic OH excluding ortho intramolecular Hbond substituents is 2. The third kappa shape index (κ3) is 7.02. The summed E-state index contributed by atoms with van der Waals surface area (Å²) in [5, 5.41) is 22.1. The van der Waals surface area contributed by atoms with Crippen molar-refractivity contribution in [3.8, 4) is 11.5 Å². The van der Waals surface area contributed by atoms with Gasteiger partial charge in [0, 0.05) is 0 Å². The van der Waals surface area contributed by atoms with Crippen LogP contribution >= 0.6 is 0 Å². The van der Waals surface area contributed by atoms with Gasteiger partial charge in [0.1, 0.15) is 11.5 Å². The third-order valence-corrected chi connectivity index (χ3v) is 6.47. The first kappa shape index (κ1) is 25.3. The van der Waals surface area contributed by atoms with E-state index < -0.39 is 0 Å². The van der Waals surface area contributed by atoms with Crippen LogP contribution in [0.4, 0.5) is 0 Å². The van der Waals surface area contributed by atoms with Crippen LogP contribution in [-0.2, 0) is 32.1 Å². The van der Waals surface area contributed by atoms with Crippen LogP contribution in [0.2, 0.25) is 0 Å². The highest BCUT2D eigenvalue weighted by Crippen LogP contribution is 2.34. The van der Waals surface area contributed by atoms with Crippen LogP contribution in [0.5, 0.6) is 11.5 Å². The minimum Gasteiger partial charge on any atom is -0.507 e. The molecule has 2 heteroatoms. The molecule has 0 aliphatic carbocycles. The van der Waals surface area contributed by atoms with Crippen molar-refractivity contribution >= 4 is 0 Å². The van der Waals surface area contributed by atoms with E-state index in [1.165, 1.54) is 11.1 Å². The molecule has 0 amide bonds. The van der Waals surface area contributed by atoms with E-state index in [0.717, 1.165) is 106 Å². The molecule has 0 unspecified atom stereocenters. The second kappa shape index (κ2) is 13.5. The average molecular weight is 425 g/mol. The molecule has 2 aromatic rings. The lowest BCUT2D eigenvalue weighted by Crippen LogP contribution is -2.04. The van der Waals surface area contributed by atoms with Crippen molar-refractivity contribution in [2.24, 2.45) is 0 Å². The van der Waals surface area contributed by atoms with E-state index >= 15 is 0 Å². The van der Waals surface area contributed by atoms with Gasteiger partial charge in [-0.05, 0) is 91.2 Å². The highest BCUT2D eigenvalue weighted by Gasteiger charge is 2.17. The molecule has 0 fully saturated rings. The molecule has 31 heavy (non-hydrogen) atoms. The molecule has 0 radical (unpaired) electrons. The zero-order valence-electron chi connectivity index (χ0n) is 20.4. The Balaban J connectivity index is 2.42. The molecule has 0 saturated carbocycles. The molecule has 172 valence electrons. The smallest absolute Gasteiger partial charge is 0.122 e. The third-order valence-electron chi connectivity index (χ3n) is 6.47. The lowest BCUT2D eigenvalue weighted by Gasteiger charge is -2.19. The Labute approximate surface area is 190 Å². The highest BCUT2D eigenvalue weighted by molar-refractivity contribution is 5.51. The second-order valence-electron chi connectivity index (χ2n) is 9.01. The van der Waals surface area contributed by atoms with Gasteiger partial charge < -0.3 is 10.2 Å². The van der Waals surface area contributed by atoms with Crippen molar-refractivity contribution in [2.45, 2.75) is 111 Å². The van der Waals surface area contributed by atoms with Gasteiger partial charge in [-0.3, -0.25) is 0 Å². The topological polar surface area (TPSA) is 40.5 Å². The van der Waals surface area contributed by atoms with Crippen molar-refractivity contribution < 1.29 is 10.2 Å². The van der Waals surface area contributed by atoms with Crippen LogP contribution in [-0.4, -0.2) is 10.2 Å². The van der Waals surface area contributed by atoms with Crippen LogP contribution in [0.15, 0.2) is 24.3 Å². The lowest BCUT2D eigenvalue weighted by molar-refractivity contribution is 0.456. The predicted octanol–water partition coefficient (Wildman–Crippen LogP) is 8.06. The fraction of sp³-hybridized carbons (Fsp3) is 0.586. The van der Waals surface area contributed by atoms with Crippen LogP contribution < -0.4 is 0 Å². The van der Waals surface area contributed by atoms with Gasteiger partial charge in [-0.2, -0.15) is 0 Å². The van der Waals surface area contributed by atoms with E-state index in [-0.39, 0.29) is 0 Å². The van der Waals surface area contributed by atoms with Gasteiger partial charge in [0.05, 0.1) is 0 Å². The Bertz CT molecular complexity index is 739. The van der Waals surface area contributed by atoms with E-state index in [2.05, 4.69) is 52.0 Å². The molecule has 2 nitrogen and oxygen atoms in total. The maximum Gasteiger partial charge on any atom is 0.122 e. The number of aryl methyl sites for hydroxylation is 2. The first-order valence-electron chi connectivity index (χ1n) is 12.7. The molecular weight excluding hydrogens is 380 g/mol. The zero-order chi connectivity index (χ0) is 22.6. The molecular formula is C29H44O2. The predicted molar refractivity (Wildman–Crippen MR) is 133 cm³/mol. The van der Waals surface area contributed by atoms with Crippen molar-refractivity contribution in [3.05, 3.63) is 57.6 Å². The van der Waals surface area contributed by atoms with Crippen LogP contribution in [0.3, 0.4) is 0 Å². The molecule has 0 aliphatic heterocycles. The fourth-order valence-corrected chi connectivity index (χ4v) is 4.39. The number of hydrogen-bond donors (Lipinski definition) is 2. The normalized spacial score (nSPS) is 11.2. The van der Waals surface area contributed by atoms with Crippen LogP contribution in [0.25, 0.3) is 0 Å². The van der Waals surface area contributed by atoms with E-state index in [4.69, 9.17) is 0 Å². The van der Waals surface area contributed by atoms with Crippen LogP contribution in [0.1, 0.15) is 112 Å². The number of benzene rings is 2. The van der Waals surface area contributed by atoms with Gasteiger partial charge in [0.25, 0.3) is 0 Å². The summed E-state index contributed by atoms with van der Waals surface area (Å²) >= 11 is 0. The van der Waals surface area contributed by atoms with Gasteiger partial charge in [0.15, 0.2) is 0 Å². The average Bonchev–Trinajstić information content (AvgIpc) is 2.77.